The number of rotatable bonds is 6. The Labute approximate surface area is 143 Å². The standard InChI is InChI=1S/C20H25NO3/c1-23-18-7-9-19(10-8-18)24-16-15-21-13-11-20(22,12-14-21)17-5-3-2-4-6-17/h2-10,22H,11-16H2,1H3. The molecular weight excluding hydrogens is 302 g/mol. The minimum absolute atomic E-state index is 0.649. The molecule has 0 aliphatic carbocycles. The topological polar surface area (TPSA) is 41.9 Å². The highest BCUT2D eigenvalue weighted by Crippen LogP contribution is 2.32. The van der Waals surface area contributed by atoms with Crippen molar-refractivity contribution in [2.24, 2.45) is 0 Å². The second-order valence-corrected chi connectivity index (χ2v) is 6.26. The Morgan fingerprint density at radius 2 is 1.58 bits per heavy atom. The van der Waals surface area contributed by atoms with Crippen LogP contribution in [0.2, 0.25) is 0 Å². The number of methoxy groups -OCH3 is 1. The molecule has 24 heavy (non-hydrogen) atoms. The smallest absolute Gasteiger partial charge is 0.119 e. The molecule has 4 nitrogen and oxygen atoms in total. The number of piperidine rings is 1. The van der Waals surface area contributed by atoms with Crippen LogP contribution in [0.25, 0.3) is 0 Å². The Bertz CT molecular complexity index is 619. The summed E-state index contributed by atoms with van der Waals surface area (Å²) in [6, 6.07) is 17.6. The number of likely N-dealkylation sites (tertiary alicyclic amines) is 1. The lowest BCUT2D eigenvalue weighted by molar-refractivity contribution is -0.0278. The summed E-state index contributed by atoms with van der Waals surface area (Å²) in [7, 11) is 1.66. The lowest BCUT2D eigenvalue weighted by Crippen LogP contribution is -2.43. The molecule has 2 aromatic rings. The highest BCUT2D eigenvalue weighted by molar-refractivity contribution is 5.31. The predicted octanol–water partition coefficient (Wildman–Crippen LogP) is 3.06. The summed E-state index contributed by atoms with van der Waals surface area (Å²) < 4.78 is 10.9. The minimum Gasteiger partial charge on any atom is -0.497 e. The molecule has 1 saturated heterocycles. The number of ether oxygens (including phenoxy) is 2. The van der Waals surface area contributed by atoms with Gasteiger partial charge in [0.2, 0.25) is 0 Å². The third-order valence-corrected chi connectivity index (χ3v) is 4.73. The summed E-state index contributed by atoms with van der Waals surface area (Å²) in [5.74, 6) is 1.69. The van der Waals surface area contributed by atoms with E-state index in [1.165, 1.54) is 0 Å². The first-order valence-corrected chi connectivity index (χ1v) is 8.47. The zero-order chi connectivity index (χ0) is 16.8. The van der Waals surface area contributed by atoms with Gasteiger partial charge in [0, 0.05) is 19.6 Å². The van der Waals surface area contributed by atoms with E-state index in [1.54, 1.807) is 7.11 Å². The van der Waals surface area contributed by atoms with Crippen LogP contribution in [-0.2, 0) is 5.60 Å². The van der Waals surface area contributed by atoms with Gasteiger partial charge in [0.25, 0.3) is 0 Å². The van der Waals surface area contributed by atoms with E-state index in [2.05, 4.69) is 4.90 Å². The van der Waals surface area contributed by atoms with Crippen LogP contribution in [0.4, 0.5) is 0 Å². The van der Waals surface area contributed by atoms with Gasteiger partial charge in [-0.1, -0.05) is 30.3 Å². The molecule has 0 spiro atoms. The molecular formula is C20H25NO3. The lowest BCUT2D eigenvalue weighted by Gasteiger charge is -2.38. The van der Waals surface area contributed by atoms with E-state index in [0.717, 1.165) is 49.5 Å². The van der Waals surface area contributed by atoms with Crippen LogP contribution < -0.4 is 9.47 Å². The monoisotopic (exact) mass is 327 g/mol. The van der Waals surface area contributed by atoms with Gasteiger partial charge in [-0.3, -0.25) is 4.90 Å². The van der Waals surface area contributed by atoms with E-state index in [4.69, 9.17) is 9.47 Å². The molecule has 1 fully saturated rings. The minimum atomic E-state index is -0.686. The summed E-state index contributed by atoms with van der Waals surface area (Å²) in [5, 5.41) is 10.8. The van der Waals surface area contributed by atoms with Gasteiger partial charge in [0.1, 0.15) is 18.1 Å². The van der Waals surface area contributed by atoms with Crippen molar-refractivity contribution in [1.82, 2.24) is 4.90 Å². The molecule has 0 atom stereocenters. The average Bonchev–Trinajstić information content (AvgIpc) is 2.65. The molecule has 1 aliphatic rings. The predicted molar refractivity (Wildman–Crippen MR) is 94.5 cm³/mol. The van der Waals surface area contributed by atoms with Crippen molar-refractivity contribution in [3.05, 3.63) is 60.2 Å². The first kappa shape index (κ1) is 16.8. The molecule has 2 aromatic carbocycles. The zero-order valence-corrected chi connectivity index (χ0v) is 14.1. The van der Waals surface area contributed by atoms with Crippen LogP contribution in [0.15, 0.2) is 54.6 Å². The number of hydrogen-bond acceptors (Lipinski definition) is 4. The summed E-state index contributed by atoms with van der Waals surface area (Å²) in [6.07, 6.45) is 1.53. The van der Waals surface area contributed by atoms with Crippen molar-refractivity contribution in [3.63, 3.8) is 0 Å². The summed E-state index contributed by atoms with van der Waals surface area (Å²) in [5.41, 5.74) is 0.341. The second-order valence-electron chi connectivity index (χ2n) is 6.26. The highest BCUT2D eigenvalue weighted by Gasteiger charge is 2.33. The third kappa shape index (κ3) is 4.08. The van der Waals surface area contributed by atoms with Gasteiger partial charge >= 0.3 is 0 Å². The summed E-state index contributed by atoms with van der Waals surface area (Å²) in [6.45, 7) is 3.29. The molecule has 4 heteroatoms. The molecule has 0 radical (unpaired) electrons. The first-order valence-electron chi connectivity index (χ1n) is 8.47. The average molecular weight is 327 g/mol. The van der Waals surface area contributed by atoms with E-state index in [1.807, 2.05) is 54.6 Å². The SMILES string of the molecule is COc1ccc(OCCN2CCC(O)(c3ccccc3)CC2)cc1. The van der Waals surface area contributed by atoms with Gasteiger partial charge in [-0.2, -0.15) is 0 Å². The Morgan fingerprint density at radius 3 is 2.21 bits per heavy atom. The number of hydrogen-bond donors (Lipinski definition) is 1. The molecule has 0 bridgehead atoms. The van der Waals surface area contributed by atoms with E-state index < -0.39 is 5.60 Å². The fraction of sp³-hybridized carbons (Fsp3) is 0.400. The molecule has 3 rings (SSSR count). The second kappa shape index (κ2) is 7.69. The van der Waals surface area contributed by atoms with Gasteiger partial charge in [-0.05, 0) is 42.7 Å². The molecule has 1 N–H and O–H groups in total. The Morgan fingerprint density at radius 1 is 0.958 bits per heavy atom. The number of aliphatic hydroxyl groups is 1. The van der Waals surface area contributed by atoms with Crippen LogP contribution in [0.5, 0.6) is 11.5 Å². The van der Waals surface area contributed by atoms with E-state index in [-0.39, 0.29) is 0 Å². The maximum atomic E-state index is 10.8. The summed E-state index contributed by atoms with van der Waals surface area (Å²) >= 11 is 0. The number of nitrogens with zero attached hydrogens (tertiary/aromatic N) is 1. The zero-order valence-electron chi connectivity index (χ0n) is 14.1. The molecule has 0 saturated carbocycles. The van der Waals surface area contributed by atoms with Gasteiger partial charge < -0.3 is 14.6 Å². The molecule has 1 heterocycles. The number of benzene rings is 2. The quantitative estimate of drug-likeness (QED) is 0.885. The van der Waals surface area contributed by atoms with Gasteiger partial charge in [0.05, 0.1) is 12.7 Å². The van der Waals surface area contributed by atoms with Gasteiger partial charge in [-0.15, -0.1) is 0 Å². The largest absolute Gasteiger partial charge is 0.497 e. The van der Waals surface area contributed by atoms with Crippen LogP contribution in [-0.4, -0.2) is 43.4 Å². The van der Waals surface area contributed by atoms with Crippen molar-refractivity contribution in [3.8, 4) is 11.5 Å². The van der Waals surface area contributed by atoms with Crippen molar-refractivity contribution in [2.75, 3.05) is 33.4 Å². The van der Waals surface area contributed by atoms with Crippen LogP contribution in [0.1, 0.15) is 18.4 Å². The molecule has 128 valence electrons. The van der Waals surface area contributed by atoms with Crippen molar-refractivity contribution in [2.45, 2.75) is 18.4 Å². The van der Waals surface area contributed by atoms with Crippen molar-refractivity contribution in [1.29, 1.82) is 0 Å². The molecule has 0 unspecified atom stereocenters. The lowest BCUT2D eigenvalue weighted by atomic mass is 9.84. The van der Waals surface area contributed by atoms with E-state index >= 15 is 0 Å². The van der Waals surface area contributed by atoms with Gasteiger partial charge in [0.15, 0.2) is 0 Å². The van der Waals surface area contributed by atoms with Crippen molar-refractivity contribution < 1.29 is 14.6 Å². The Kier molecular flexibility index (Phi) is 5.38. The van der Waals surface area contributed by atoms with Crippen molar-refractivity contribution >= 4 is 0 Å². The fourth-order valence-corrected chi connectivity index (χ4v) is 3.15. The first-order chi connectivity index (χ1) is 11.7. The van der Waals surface area contributed by atoms with Gasteiger partial charge in [-0.25, -0.2) is 0 Å². The van der Waals surface area contributed by atoms with Crippen LogP contribution in [0.3, 0.4) is 0 Å². The van der Waals surface area contributed by atoms with Crippen LogP contribution in [0, 0.1) is 0 Å². The third-order valence-electron chi connectivity index (χ3n) is 4.73. The molecule has 0 amide bonds. The molecule has 0 aromatic heterocycles. The highest BCUT2D eigenvalue weighted by atomic mass is 16.5. The Hall–Kier alpha value is -2.04. The Balaban J connectivity index is 1.44. The van der Waals surface area contributed by atoms with Crippen LogP contribution >= 0.6 is 0 Å². The maximum absolute atomic E-state index is 10.8. The van der Waals surface area contributed by atoms with E-state index in [0.29, 0.717) is 6.61 Å². The van der Waals surface area contributed by atoms with E-state index in [9.17, 15) is 5.11 Å². The molecule has 1 aliphatic heterocycles. The normalized spacial score (nSPS) is 17.4. The summed E-state index contributed by atoms with van der Waals surface area (Å²) in [4.78, 5) is 2.35. The maximum Gasteiger partial charge on any atom is 0.119 e. The fourth-order valence-electron chi connectivity index (χ4n) is 3.15.